The molecule has 33 heavy (non-hydrogen) atoms. The highest BCUT2D eigenvalue weighted by Crippen LogP contribution is 2.43. The maximum atomic E-state index is 13.7. The summed E-state index contributed by atoms with van der Waals surface area (Å²) in [5.41, 5.74) is 1.81. The van der Waals surface area contributed by atoms with Gasteiger partial charge in [-0.15, -0.1) is 0 Å². The first-order valence-corrected chi connectivity index (χ1v) is 13.5. The van der Waals surface area contributed by atoms with Gasteiger partial charge in [0.2, 0.25) is 5.91 Å². The van der Waals surface area contributed by atoms with Crippen LogP contribution in [0.5, 0.6) is 5.75 Å². The lowest BCUT2D eigenvalue weighted by atomic mass is 9.85. The van der Waals surface area contributed by atoms with Crippen molar-refractivity contribution in [1.82, 2.24) is 9.80 Å². The molecule has 2 fully saturated rings. The van der Waals surface area contributed by atoms with Gasteiger partial charge in [0, 0.05) is 38.0 Å². The van der Waals surface area contributed by atoms with E-state index in [1.165, 1.54) is 22.6 Å². The summed E-state index contributed by atoms with van der Waals surface area (Å²) < 4.78 is 37.1. The first-order chi connectivity index (χ1) is 15.7. The van der Waals surface area contributed by atoms with E-state index in [0.717, 1.165) is 31.9 Å². The van der Waals surface area contributed by atoms with E-state index in [1.807, 2.05) is 12.1 Å². The zero-order valence-corrected chi connectivity index (χ0v) is 19.7. The van der Waals surface area contributed by atoms with Gasteiger partial charge in [-0.05, 0) is 67.0 Å². The van der Waals surface area contributed by atoms with Crippen LogP contribution in [0.15, 0.2) is 48.5 Å². The van der Waals surface area contributed by atoms with Crippen molar-refractivity contribution < 1.29 is 22.7 Å². The van der Waals surface area contributed by atoms with Crippen LogP contribution in [0.4, 0.5) is 4.39 Å². The zero-order chi connectivity index (χ0) is 23.6. The van der Waals surface area contributed by atoms with E-state index < -0.39 is 21.5 Å². The summed E-state index contributed by atoms with van der Waals surface area (Å²) in [6, 6.07) is 14.4. The number of benzene rings is 2. The Balaban J connectivity index is 1.43. The average molecular weight is 475 g/mol. The smallest absolute Gasteiger partial charge is 0.238 e. The third kappa shape index (κ3) is 6.12. The van der Waals surface area contributed by atoms with E-state index in [2.05, 4.69) is 11.0 Å². The molecule has 2 aromatic carbocycles. The van der Waals surface area contributed by atoms with Gasteiger partial charge in [-0.3, -0.25) is 9.69 Å². The van der Waals surface area contributed by atoms with E-state index in [9.17, 15) is 22.7 Å². The number of hydrogen-bond donors (Lipinski definition) is 1. The molecule has 2 aromatic rings. The molecule has 0 aliphatic carbocycles. The number of fused-ring (bicyclic) bond motifs is 2. The minimum Gasteiger partial charge on any atom is -0.508 e. The molecule has 4 rings (SSSR count). The van der Waals surface area contributed by atoms with Crippen LogP contribution >= 0.6 is 0 Å². The molecule has 2 aliphatic rings. The van der Waals surface area contributed by atoms with Crippen molar-refractivity contribution in [1.29, 1.82) is 0 Å². The molecular weight excluding hydrogens is 443 g/mol. The number of nitrogens with zero attached hydrogens (tertiary/aromatic N) is 2. The fourth-order valence-corrected chi connectivity index (χ4v) is 6.02. The third-order valence-corrected chi connectivity index (χ3v) is 7.63. The molecule has 2 saturated heterocycles. The number of amides is 1. The van der Waals surface area contributed by atoms with Gasteiger partial charge < -0.3 is 10.0 Å². The lowest BCUT2D eigenvalue weighted by Gasteiger charge is -2.40. The largest absolute Gasteiger partial charge is 0.508 e. The van der Waals surface area contributed by atoms with E-state index in [0.29, 0.717) is 42.4 Å². The molecule has 0 aromatic heterocycles. The van der Waals surface area contributed by atoms with Crippen LogP contribution in [-0.4, -0.2) is 66.4 Å². The highest BCUT2D eigenvalue weighted by atomic mass is 32.2. The summed E-state index contributed by atoms with van der Waals surface area (Å²) in [4.78, 5) is 16.8. The highest BCUT2D eigenvalue weighted by Gasteiger charge is 2.41. The zero-order valence-electron chi connectivity index (χ0n) is 18.9. The van der Waals surface area contributed by atoms with Crippen LogP contribution in [0.1, 0.15) is 42.7 Å². The Kier molecular flexibility index (Phi) is 7.05. The number of halogens is 1. The molecule has 1 amide bonds. The molecule has 2 atom stereocenters. The number of sulfone groups is 1. The third-order valence-electron chi connectivity index (χ3n) is 6.85. The molecule has 178 valence electrons. The summed E-state index contributed by atoms with van der Waals surface area (Å²) in [5, 5.41) is 9.85. The van der Waals surface area contributed by atoms with Crippen molar-refractivity contribution in [3.05, 3.63) is 65.5 Å². The van der Waals surface area contributed by atoms with Gasteiger partial charge in [0.15, 0.2) is 9.84 Å². The Hall–Kier alpha value is -2.45. The first kappa shape index (κ1) is 23.7. The van der Waals surface area contributed by atoms with Gasteiger partial charge in [0.05, 0.1) is 0 Å². The molecule has 2 unspecified atom stereocenters. The molecule has 6 nitrogen and oxygen atoms in total. The summed E-state index contributed by atoms with van der Waals surface area (Å²) in [6.45, 7) is 1.24. The molecule has 0 radical (unpaired) electrons. The van der Waals surface area contributed by atoms with Gasteiger partial charge in [0.1, 0.15) is 17.3 Å². The van der Waals surface area contributed by atoms with Crippen molar-refractivity contribution >= 4 is 15.7 Å². The number of rotatable bonds is 8. The van der Waals surface area contributed by atoms with Crippen LogP contribution in [0.25, 0.3) is 0 Å². The maximum absolute atomic E-state index is 13.7. The Morgan fingerprint density at radius 3 is 2.45 bits per heavy atom. The van der Waals surface area contributed by atoms with Crippen LogP contribution in [0, 0.1) is 5.82 Å². The molecule has 2 aliphatic heterocycles. The summed E-state index contributed by atoms with van der Waals surface area (Å²) in [5.74, 6) is -0.686. The summed E-state index contributed by atoms with van der Waals surface area (Å²) >= 11 is 0. The average Bonchev–Trinajstić information content (AvgIpc) is 2.97. The van der Waals surface area contributed by atoms with Gasteiger partial charge in [-0.25, -0.2) is 12.8 Å². The second-order valence-corrected chi connectivity index (χ2v) is 11.5. The lowest BCUT2D eigenvalue weighted by molar-refractivity contribution is -0.129. The SMILES string of the molecule is CS(=O)(=O)CC(=O)N(CCN1C2CCC1CC(c1cccc(O)c1)C2)Cc1cccc(F)c1. The standard InChI is InChI=1S/C25H31FN2O4S/c1-33(31,32)17-25(30)27(16-18-4-2-6-21(26)12-18)10-11-28-22-8-9-23(28)14-20(13-22)19-5-3-7-24(29)15-19/h2-7,12,15,20,22-23,29H,8-11,13-14,16-17H2,1H3. The van der Waals surface area contributed by atoms with Gasteiger partial charge in [0.25, 0.3) is 0 Å². The van der Waals surface area contributed by atoms with Gasteiger partial charge >= 0.3 is 0 Å². The minimum absolute atomic E-state index is 0.182. The van der Waals surface area contributed by atoms with Crippen molar-refractivity contribution in [3.63, 3.8) is 0 Å². The number of carbonyl (C=O) groups excluding carboxylic acids is 1. The van der Waals surface area contributed by atoms with E-state index in [4.69, 9.17) is 0 Å². The number of phenols is 1. The fourth-order valence-electron chi connectivity index (χ4n) is 5.39. The Morgan fingerprint density at radius 1 is 1.12 bits per heavy atom. The molecular formula is C25H31FN2O4S. The topological polar surface area (TPSA) is 77.9 Å². The second-order valence-electron chi connectivity index (χ2n) is 9.40. The van der Waals surface area contributed by atoms with Crippen LogP contribution < -0.4 is 0 Å². The maximum Gasteiger partial charge on any atom is 0.238 e. The molecule has 2 heterocycles. The predicted octanol–water partition coefficient (Wildman–Crippen LogP) is 3.32. The van der Waals surface area contributed by atoms with Crippen LogP contribution in [-0.2, 0) is 21.2 Å². The number of phenolic OH excluding ortho intramolecular Hbond substituents is 1. The van der Waals surface area contributed by atoms with Crippen LogP contribution in [0.3, 0.4) is 0 Å². The molecule has 1 N–H and O–H groups in total. The fraction of sp³-hybridized carbons (Fsp3) is 0.480. The van der Waals surface area contributed by atoms with Crippen molar-refractivity contribution in [2.24, 2.45) is 0 Å². The quantitative estimate of drug-likeness (QED) is 0.635. The van der Waals surface area contributed by atoms with Crippen molar-refractivity contribution in [2.45, 2.75) is 50.2 Å². The number of aromatic hydroxyl groups is 1. The van der Waals surface area contributed by atoms with E-state index in [1.54, 1.807) is 18.2 Å². The molecule has 2 bridgehead atoms. The Morgan fingerprint density at radius 2 is 1.82 bits per heavy atom. The second kappa shape index (κ2) is 9.81. The van der Waals surface area contributed by atoms with Gasteiger partial charge in [-0.2, -0.15) is 0 Å². The number of carbonyl (C=O) groups is 1. The number of piperidine rings is 1. The first-order valence-electron chi connectivity index (χ1n) is 11.4. The van der Waals surface area contributed by atoms with E-state index >= 15 is 0 Å². The molecule has 0 spiro atoms. The van der Waals surface area contributed by atoms with E-state index in [-0.39, 0.29) is 12.4 Å². The lowest BCUT2D eigenvalue weighted by Crippen LogP contribution is -2.47. The predicted molar refractivity (Wildman–Crippen MR) is 125 cm³/mol. The Bertz CT molecular complexity index is 1090. The van der Waals surface area contributed by atoms with Crippen molar-refractivity contribution in [3.8, 4) is 5.75 Å². The summed E-state index contributed by atoms with van der Waals surface area (Å²) in [6.07, 6.45) is 5.25. The Labute approximate surface area is 194 Å². The van der Waals surface area contributed by atoms with Gasteiger partial charge in [-0.1, -0.05) is 24.3 Å². The number of hydrogen-bond acceptors (Lipinski definition) is 5. The molecule has 0 saturated carbocycles. The normalized spacial score (nSPS) is 22.9. The monoisotopic (exact) mass is 474 g/mol. The summed E-state index contributed by atoms with van der Waals surface area (Å²) in [7, 11) is -3.46. The van der Waals surface area contributed by atoms with Crippen molar-refractivity contribution in [2.75, 3.05) is 25.1 Å². The van der Waals surface area contributed by atoms with Crippen LogP contribution in [0.2, 0.25) is 0 Å². The minimum atomic E-state index is -3.46. The highest BCUT2D eigenvalue weighted by molar-refractivity contribution is 7.91. The molecule has 8 heteroatoms.